The predicted molar refractivity (Wildman–Crippen MR) is 129 cm³/mol. The lowest BCUT2D eigenvalue weighted by molar-refractivity contribution is 0.356. The van der Waals surface area contributed by atoms with E-state index in [1.54, 1.807) is 40.8 Å². The third kappa shape index (κ3) is 4.95. The lowest BCUT2D eigenvalue weighted by Gasteiger charge is -2.13. The first kappa shape index (κ1) is 21.9. The Bertz CT molecular complexity index is 1270. The molecule has 8 nitrogen and oxygen atoms in total. The zero-order valence-corrected chi connectivity index (χ0v) is 18.8. The van der Waals surface area contributed by atoms with Crippen LogP contribution in [0.1, 0.15) is 11.4 Å². The molecule has 0 aliphatic carbocycles. The average molecular weight is 444 g/mol. The summed E-state index contributed by atoms with van der Waals surface area (Å²) in [7, 11) is 6.43. The van der Waals surface area contributed by atoms with Gasteiger partial charge >= 0.3 is 0 Å². The minimum Gasteiger partial charge on any atom is -0.497 e. The van der Waals surface area contributed by atoms with Crippen molar-refractivity contribution in [1.82, 2.24) is 15.0 Å². The first-order valence-corrected chi connectivity index (χ1v) is 10.2. The highest BCUT2D eigenvalue weighted by Crippen LogP contribution is 2.35. The summed E-state index contributed by atoms with van der Waals surface area (Å²) in [5, 5.41) is 4.12. The van der Waals surface area contributed by atoms with Gasteiger partial charge in [0, 0.05) is 23.7 Å². The van der Waals surface area contributed by atoms with Crippen molar-refractivity contribution in [3.05, 3.63) is 66.2 Å². The number of pyridine rings is 1. The van der Waals surface area contributed by atoms with E-state index in [9.17, 15) is 0 Å². The van der Waals surface area contributed by atoms with E-state index in [-0.39, 0.29) is 0 Å². The Morgan fingerprint density at radius 2 is 1.52 bits per heavy atom. The smallest absolute Gasteiger partial charge is 0.162 e. The zero-order valence-electron chi connectivity index (χ0n) is 18.8. The topological polar surface area (TPSA) is 87.6 Å². The van der Waals surface area contributed by atoms with Crippen molar-refractivity contribution in [1.29, 1.82) is 0 Å². The van der Waals surface area contributed by atoms with Crippen LogP contribution in [0.3, 0.4) is 0 Å². The first-order chi connectivity index (χ1) is 16.1. The molecule has 168 valence electrons. The number of hydrogen-bond donors (Lipinski definition) is 1. The van der Waals surface area contributed by atoms with Crippen molar-refractivity contribution >= 4 is 34.6 Å². The quantitative estimate of drug-likeness (QED) is 0.407. The molecule has 0 aliphatic rings. The Morgan fingerprint density at radius 1 is 0.788 bits per heavy atom. The summed E-state index contributed by atoms with van der Waals surface area (Å²) < 4.78 is 21.6. The molecule has 0 saturated carbocycles. The molecule has 2 heterocycles. The van der Waals surface area contributed by atoms with Gasteiger partial charge in [-0.3, -0.25) is 4.98 Å². The molecule has 33 heavy (non-hydrogen) atoms. The van der Waals surface area contributed by atoms with E-state index in [2.05, 4.69) is 10.3 Å². The zero-order chi connectivity index (χ0) is 23.2. The maximum atomic E-state index is 5.47. The molecule has 0 fully saturated rings. The van der Waals surface area contributed by atoms with Gasteiger partial charge in [-0.05, 0) is 42.0 Å². The highest BCUT2D eigenvalue weighted by Gasteiger charge is 2.13. The summed E-state index contributed by atoms with van der Waals surface area (Å²) >= 11 is 0. The molecule has 0 aliphatic heterocycles. The van der Waals surface area contributed by atoms with Crippen molar-refractivity contribution in [3.8, 4) is 23.0 Å². The summed E-state index contributed by atoms with van der Waals surface area (Å²) in [5.74, 6) is 3.71. The van der Waals surface area contributed by atoms with E-state index >= 15 is 0 Å². The summed E-state index contributed by atoms with van der Waals surface area (Å²) in [5.41, 5.74) is 2.40. The highest BCUT2D eigenvalue weighted by atomic mass is 16.5. The van der Waals surface area contributed by atoms with Gasteiger partial charge < -0.3 is 24.3 Å². The maximum Gasteiger partial charge on any atom is 0.162 e. The van der Waals surface area contributed by atoms with Gasteiger partial charge in [0.15, 0.2) is 17.3 Å². The van der Waals surface area contributed by atoms with Crippen LogP contribution in [0.4, 0.5) is 11.5 Å². The molecule has 4 rings (SSSR count). The van der Waals surface area contributed by atoms with Gasteiger partial charge in [0.2, 0.25) is 0 Å². The Balaban J connectivity index is 1.80. The Morgan fingerprint density at radius 3 is 2.15 bits per heavy atom. The van der Waals surface area contributed by atoms with Crippen molar-refractivity contribution in [2.24, 2.45) is 0 Å². The summed E-state index contributed by atoms with van der Waals surface area (Å²) in [6, 6.07) is 13.1. The summed E-state index contributed by atoms with van der Waals surface area (Å²) in [4.78, 5) is 13.6. The lowest BCUT2D eigenvalue weighted by Crippen LogP contribution is -2.01. The third-order valence-corrected chi connectivity index (χ3v) is 4.94. The highest BCUT2D eigenvalue weighted by molar-refractivity contribution is 5.94. The molecule has 8 heteroatoms. The summed E-state index contributed by atoms with van der Waals surface area (Å²) in [6.45, 7) is 0. The van der Waals surface area contributed by atoms with Crippen LogP contribution in [0.2, 0.25) is 0 Å². The fourth-order valence-electron chi connectivity index (χ4n) is 3.31. The van der Waals surface area contributed by atoms with Gasteiger partial charge in [-0.25, -0.2) is 9.97 Å². The van der Waals surface area contributed by atoms with Crippen molar-refractivity contribution in [3.63, 3.8) is 0 Å². The lowest BCUT2D eigenvalue weighted by atomic mass is 10.1. The number of rotatable bonds is 8. The number of anilines is 2. The second kappa shape index (κ2) is 9.86. The van der Waals surface area contributed by atoms with Crippen LogP contribution in [-0.4, -0.2) is 43.4 Å². The number of nitrogens with zero attached hydrogens (tertiary/aromatic N) is 3. The van der Waals surface area contributed by atoms with Gasteiger partial charge in [0.25, 0.3) is 0 Å². The molecule has 2 aromatic carbocycles. The van der Waals surface area contributed by atoms with E-state index in [0.29, 0.717) is 40.2 Å². The second-order valence-electron chi connectivity index (χ2n) is 7.00. The second-order valence-corrected chi connectivity index (χ2v) is 7.00. The molecular weight excluding hydrogens is 420 g/mol. The molecule has 0 unspecified atom stereocenters. The van der Waals surface area contributed by atoms with Crippen LogP contribution < -0.4 is 24.3 Å². The summed E-state index contributed by atoms with van der Waals surface area (Å²) in [6.07, 6.45) is 7.18. The average Bonchev–Trinajstić information content (AvgIpc) is 2.87. The van der Waals surface area contributed by atoms with Gasteiger partial charge in [-0.1, -0.05) is 6.08 Å². The molecule has 0 saturated heterocycles. The van der Waals surface area contributed by atoms with Crippen LogP contribution in [0.25, 0.3) is 23.1 Å². The van der Waals surface area contributed by atoms with Crippen LogP contribution in [0.5, 0.6) is 23.0 Å². The number of aromatic nitrogens is 3. The SMILES string of the molecule is COc1cc(/C=C/c2nc(Nc3cccnc3)c3cc(OC)c(OC)cc3n2)cc(OC)c1. The van der Waals surface area contributed by atoms with Gasteiger partial charge in [0.1, 0.15) is 17.3 Å². The molecule has 0 bridgehead atoms. The Kier molecular flexibility index (Phi) is 6.54. The van der Waals surface area contributed by atoms with Crippen LogP contribution >= 0.6 is 0 Å². The largest absolute Gasteiger partial charge is 0.497 e. The molecule has 2 aromatic heterocycles. The van der Waals surface area contributed by atoms with Gasteiger partial charge in [0.05, 0.1) is 45.8 Å². The van der Waals surface area contributed by atoms with E-state index in [1.807, 2.05) is 54.6 Å². The molecule has 0 amide bonds. The number of methoxy groups -OCH3 is 4. The number of ether oxygens (including phenoxy) is 4. The predicted octanol–water partition coefficient (Wildman–Crippen LogP) is 4.97. The number of nitrogens with one attached hydrogen (secondary N) is 1. The third-order valence-electron chi connectivity index (χ3n) is 4.94. The normalized spacial score (nSPS) is 10.9. The minimum absolute atomic E-state index is 0.517. The standard InChI is InChI=1S/C25H24N4O4/c1-30-18-10-16(11-19(12-18)31-2)7-8-24-28-21-14-23(33-4)22(32-3)13-20(21)25(29-24)27-17-6-5-9-26-15-17/h5-15H,1-4H3,(H,27,28,29)/b8-7+. The van der Waals surface area contributed by atoms with E-state index in [1.165, 1.54) is 0 Å². The minimum atomic E-state index is 0.517. The van der Waals surface area contributed by atoms with E-state index in [0.717, 1.165) is 16.6 Å². The fraction of sp³-hybridized carbons (Fsp3) is 0.160. The molecule has 1 N–H and O–H groups in total. The Hall–Kier alpha value is -4.33. The van der Waals surface area contributed by atoms with Crippen LogP contribution in [-0.2, 0) is 0 Å². The molecule has 4 aromatic rings. The van der Waals surface area contributed by atoms with Crippen molar-refractivity contribution in [2.45, 2.75) is 0 Å². The maximum absolute atomic E-state index is 5.47. The Labute approximate surface area is 191 Å². The molecule has 0 atom stereocenters. The van der Waals surface area contributed by atoms with E-state index < -0.39 is 0 Å². The van der Waals surface area contributed by atoms with Crippen LogP contribution in [0, 0.1) is 0 Å². The molecule has 0 spiro atoms. The molecular formula is C25H24N4O4. The number of benzene rings is 2. The molecule has 0 radical (unpaired) electrons. The number of fused-ring (bicyclic) bond motifs is 1. The van der Waals surface area contributed by atoms with Crippen molar-refractivity contribution < 1.29 is 18.9 Å². The van der Waals surface area contributed by atoms with E-state index in [4.69, 9.17) is 28.9 Å². The van der Waals surface area contributed by atoms with Crippen LogP contribution in [0.15, 0.2) is 54.9 Å². The monoisotopic (exact) mass is 444 g/mol. The first-order valence-electron chi connectivity index (χ1n) is 10.2. The van der Waals surface area contributed by atoms with Crippen molar-refractivity contribution in [2.75, 3.05) is 33.8 Å². The van der Waals surface area contributed by atoms with Gasteiger partial charge in [-0.15, -0.1) is 0 Å². The fourth-order valence-corrected chi connectivity index (χ4v) is 3.31. The number of hydrogen-bond acceptors (Lipinski definition) is 8. The van der Waals surface area contributed by atoms with Gasteiger partial charge in [-0.2, -0.15) is 0 Å².